The van der Waals surface area contributed by atoms with E-state index in [1.54, 1.807) is 24.3 Å². The highest BCUT2D eigenvalue weighted by atomic mass is 16.4. The molecule has 0 aliphatic heterocycles. The molecule has 0 aliphatic carbocycles. The fourth-order valence-corrected chi connectivity index (χ4v) is 3.10. The number of carboxylic acids is 3. The zero-order chi connectivity index (χ0) is 22.7. The van der Waals surface area contributed by atoms with Gasteiger partial charge >= 0.3 is 17.9 Å². The van der Waals surface area contributed by atoms with Crippen LogP contribution in [0.15, 0.2) is 18.2 Å². The highest BCUT2D eigenvalue weighted by Crippen LogP contribution is 2.33. The highest BCUT2D eigenvalue weighted by Gasteiger charge is 2.30. The molecule has 6 heteroatoms. The normalized spacial score (nSPS) is 11.7. The largest absolute Gasteiger partial charge is 0.478 e. The molecule has 0 unspecified atom stereocenters. The number of carbonyl (C=O) groups is 3. The number of hydrogen-bond acceptors (Lipinski definition) is 3. The Labute approximate surface area is 177 Å². The summed E-state index contributed by atoms with van der Waals surface area (Å²) >= 11 is 0. The van der Waals surface area contributed by atoms with Gasteiger partial charge in [-0.2, -0.15) is 0 Å². The number of carboxylic acid groups (broad SMARTS) is 3. The molecule has 3 N–H and O–H groups in total. The smallest absolute Gasteiger partial charge is 0.337 e. The van der Waals surface area contributed by atoms with E-state index in [4.69, 9.17) is 0 Å². The molecule has 1 aromatic carbocycles. The summed E-state index contributed by atoms with van der Waals surface area (Å²) in [5.41, 5.74) is -0.881. The van der Waals surface area contributed by atoms with Crippen LogP contribution in [0.2, 0.25) is 0 Å². The van der Waals surface area contributed by atoms with Crippen molar-refractivity contribution >= 4 is 36.1 Å². The molecule has 0 radical (unpaired) electrons. The monoisotopic (exact) mass is 414 g/mol. The number of unbranched alkanes of at least 4 members (excludes halogenated alkanes) is 3. The van der Waals surface area contributed by atoms with Crippen molar-refractivity contribution in [2.45, 2.75) is 59.3 Å². The zero-order valence-corrected chi connectivity index (χ0v) is 17.8. The van der Waals surface area contributed by atoms with Crippen LogP contribution in [0.5, 0.6) is 0 Å². The van der Waals surface area contributed by atoms with Gasteiger partial charge < -0.3 is 15.3 Å². The first-order chi connectivity index (χ1) is 14.3. The third-order valence-corrected chi connectivity index (χ3v) is 4.48. The first-order valence-corrected chi connectivity index (χ1v) is 10.2. The van der Waals surface area contributed by atoms with Crippen molar-refractivity contribution in [2.75, 3.05) is 0 Å². The third kappa shape index (κ3) is 6.17. The quantitative estimate of drug-likeness (QED) is 0.374. The molecule has 0 saturated carbocycles. The minimum Gasteiger partial charge on any atom is -0.478 e. The van der Waals surface area contributed by atoms with Gasteiger partial charge in [0.25, 0.3) is 0 Å². The van der Waals surface area contributed by atoms with Crippen molar-refractivity contribution in [1.29, 1.82) is 0 Å². The van der Waals surface area contributed by atoms with E-state index in [0.29, 0.717) is 19.3 Å². The average Bonchev–Trinajstić information content (AvgIpc) is 2.68. The fraction of sp³-hybridized carbons (Fsp3) is 0.375. The molecule has 0 aliphatic rings. The Morgan fingerprint density at radius 3 is 1.20 bits per heavy atom. The van der Waals surface area contributed by atoms with E-state index >= 15 is 0 Å². The summed E-state index contributed by atoms with van der Waals surface area (Å²) < 4.78 is 0. The fourth-order valence-electron chi connectivity index (χ4n) is 3.10. The van der Waals surface area contributed by atoms with Gasteiger partial charge in [0.2, 0.25) is 0 Å². The molecule has 0 spiro atoms. The summed E-state index contributed by atoms with van der Waals surface area (Å²) in [6.45, 7) is 5.86. The zero-order valence-electron chi connectivity index (χ0n) is 17.8. The number of allylic oxidation sites excluding steroid dienone is 3. The summed E-state index contributed by atoms with van der Waals surface area (Å²) in [7, 11) is 0. The molecular formula is C24H30O6. The van der Waals surface area contributed by atoms with Crippen LogP contribution in [-0.4, -0.2) is 33.2 Å². The van der Waals surface area contributed by atoms with Crippen molar-refractivity contribution in [3.63, 3.8) is 0 Å². The van der Waals surface area contributed by atoms with E-state index in [2.05, 4.69) is 0 Å². The summed E-state index contributed by atoms with van der Waals surface area (Å²) in [5, 5.41) is 29.7. The summed E-state index contributed by atoms with van der Waals surface area (Å²) in [4.78, 5) is 36.4. The molecule has 1 aromatic rings. The number of benzene rings is 1. The Balaban J connectivity index is 4.17. The van der Waals surface area contributed by atoms with Crippen molar-refractivity contribution < 1.29 is 29.7 Å². The molecule has 0 amide bonds. The van der Waals surface area contributed by atoms with Gasteiger partial charge in [0.1, 0.15) is 0 Å². The number of rotatable bonds is 12. The topological polar surface area (TPSA) is 112 Å². The van der Waals surface area contributed by atoms with Crippen LogP contribution in [0.3, 0.4) is 0 Å². The van der Waals surface area contributed by atoms with Crippen molar-refractivity contribution in [1.82, 2.24) is 0 Å². The molecule has 30 heavy (non-hydrogen) atoms. The van der Waals surface area contributed by atoms with Gasteiger partial charge in [0.05, 0.1) is 16.7 Å². The maximum absolute atomic E-state index is 12.2. The first-order valence-electron chi connectivity index (χ1n) is 10.2. The SMILES string of the molecule is CCC/C=C/c1c(/C=C/CCC)c(C(=O)O)c(C(=O)O)c(/C=C/CCC)c1C(=O)O. The van der Waals surface area contributed by atoms with Crippen LogP contribution < -0.4 is 0 Å². The average molecular weight is 414 g/mol. The van der Waals surface area contributed by atoms with E-state index in [1.165, 1.54) is 12.2 Å². The lowest BCUT2D eigenvalue weighted by Gasteiger charge is -2.17. The van der Waals surface area contributed by atoms with Gasteiger partial charge in [-0.05, 0) is 30.4 Å². The first kappa shape index (κ1) is 24.9. The Hall–Kier alpha value is -3.15. The Morgan fingerprint density at radius 1 is 0.567 bits per heavy atom. The van der Waals surface area contributed by atoms with Crippen LogP contribution in [-0.2, 0) is 0 Å². The molecule has 0 aromatic heterocycles. The van der Waals surface area contributed by atoms with Crippen LogP contribution in [0, 0.1) is 0 Å². The minimum atomic E-state index is -1.47. The summed E-state index contributed by atoms with van der Waals surface area (Å²) in [6.07, 6.45) is 14.1. The highest BCUT2D eigenvalue weighted by molar-refractivity contribution is 6.12. The Morgan fingerprint density at radius 2 is 0.867 bits per heavy atom. The van der Waals surface area contributed by atoms with Crippen LogP contribution in [0.4, 0.5) is 0 Å². The molecule has 0 heterocycles. The maximum Gasteiger partial charge on any atom is 0.337 e. The van der Waals surface area contributed by atoms with Crippen LogP contribution >= 0.6 is 0 Å². The molecule has 0 saturated heterocycles. The molecule has 1 rings (SSSR count). The lowest BCUT2D eigenvalue weighted by Crippen LogP contribution is -2.18. The number of aromatic carboxylic acids is 3. The lowest BCUT2D eigenvalue weighted by atomic mass is 9.85. The molecule has 0 atom stereocenters. The molecular weight excluding hydrogens is 384 g/mol. The number of hydrogen-bond donors (Lipinski definition) is 3. The van der Waals surface area contributed by atoms with Crippen molar-refractivity contribution in [3.05, 3.63) is 51.6 Å². The maximum atomic E-state index is 12.2. The second-order valence-electron chi connectivity index (χ2n) is 6.85. The van der Waals surface area contributed by atoms with E-state index in [0.717, 1.165) is 19.3 Å². The van der Waals surface area contributed by atoms with Gasteiger partial charge in [0, 0.05) is 5.56 Å². The molecule has 162 valence electrons. The van der Waals surface area contributed by atoms with Gasteiger partial charge in [0.15, 0.2) is 0 Å². The van der Waals surface area contributed by atoms with Crippen molar-refractivity contribution in [2.24, 2.45) is 0 Å². The predicted molar refractivity (Wildman–Crippen MR) is 119 cm³/mol. The van der Waals surface area contributed by atoms with Crippen LogP contribution in [0.25, 0.3) is 18.2 Å². The Kier molecular flexibility index (Phi) is 10.3. The van der Waals surface area contributed by atoms with E-state index in [9.17, 15) is 29.7 Å². The van der Waals surface area contributed by atoms with E-state index < -0.39 is 29.0 Å². The third-order valence-electron chi connectivity index (χ3n) is 4.48. The van der Waals surface area contributed by atoms with E-state index in [1.807, 2.05) is 20.8 Å². The second-order valence-corrected chi connectivity index (χ2v) is 6.85. The predicted octanol–water partition coefficient (Wildman–Crippen LogP) is 6.22. The van der Waals surface area contributed by atoms with Crippen molar-refractivity contribution in [3.8, 4) is 0 Å². The molecule has 6 nitrogen and oxygen atoms in total. The van der Waals surface area contributed by atoms with Gasteiger partial charge in [-0.25, -0.2) is 14.4 Å². The van der Waals surface area contributed by atoms with Gasteiger partial charge in [-0.15, -0.1) is 0 Å². The standard InChI is InChI=1S/C24H30O6/c1-4-7-10-13-16-17(14-11-8-5-2)20(23(27)28)21(24(29)30)18(15-12-9-6-3)19(16)22(25)26/h10-15H,4-9H2,1-3H3,(H,25,26)(H,27,28)(H,29,30)/b13-10+,14-11+,15-12+. The van der Waals surface area contributed by atoms with E-state index in [-0.39, 0.29) is 22.3 Å². The van der Waals surface area contributed by atoms with Gasteiger partial charge in [-0.3, -0.25) is 0 Å². The Bertz CT molecular complexity index is 874. The molecule has 0 bridgehead atoms. The van der Waals surface area contributed by atoms with Gasteiger partial charge in [-0.1, -0.05) is 76.5 Å². The summed E-state index contributed by atoms with van der Waals surface area (Å²) in [5.74, 6) is -4.18. The second kappa shape index (κ2) is 12.4. The minimum absolute atomic E-state index is 0.0929. The molecule has 0 fully saturated rings. The lowest BCUT2D eigenvalue weighted by molar-refractivity contribution is 0.0648. The summed E-state index contributed by atoms with van der Waals surface area (Å²) in [6, 6.07) is 0. The van der Waals surface area contributed by atoms with Crippen LogP contribution in [0.1, 0.15) is 107 Å².